The zero-order valence-corrected chi connectivity index (χ0v) is 20.5. The van der Waals surface area contributed by atoms with E-state index < -0.39 is 0 Å². The van der Waals surface area contributed by atoms with Gasteiger partial charge in [0, 0.05) is 48.5 Å². The fourth-order valence-corrected chi connectivity index (χ4v) is 5.17. The van der Waals surface area contributed by atoms with E-state index in [1.165, 1.54) is 18.9 Å². The Morgan fingerprint density at radius 2 is 1.89 bits per heavy atom. The Bertz CT molecular complexity index is 1320. The lowest BCUT2D eigenvalue weighted by Crippen LogP contribution is -2.36. The largest absolute Gasteiger partial charge is 0.468 e. The number of hydrogen-bond acceptors (Lipinski definition) is 7. The van der Waals surface area contributed by atoms with Crippen LogP contribution < -0.4 is 4.90 Å². The number of hydrogen-bond donors (Lipinski definition) is 0. The van der Waals surface area contributed by atoms with E-state index in [1.54, 1.807) is 11.9 Å². The second kappa shape index (κ2) is 9.97. The molecule has 0 spiro atoms. The first kappa shape index (κ1) is 23.2. The molecule has 0 radical (unpaired) electrons. The fourth-order valence-electron chi connectivity index (χ4n) is 4.19. The van der Waals surface area contributed by atoms with Gasteiger partial charge in [-0.2, -0.15) is 0 Å². The highest BCUT2D eigenvalue weighted by Crippen LogP contribution is 2.35. The lowest BCUT2D eigenvalue weighted by molar-refractivity contribution is -0.141. The number of methoxy groups -OCH3 is 1. The Labute approximate surface area is 207 Å². The topological polar surface area (TPSA) is 76.4 Å². The molecule has 0 aliphatic carbocycles. The van der Waals surface area contributed by atoms with Crippen LogP contribution in [0.25, 0.3) is 17.0 Å². The van der Waals surface area contributed by atoms with Gasteiger partial charge >= 0.3 is 5.97 Å². The number of carbonyl (C=O) groups excluding carboxylic acids is 2. The number of aromatic nitrogens is 1. The van der Waals surface area contributed by atoms with Crippen LogP contribution in [0.4, 0.5) is 11.4 Å². The van der Waals surface area contributed by atoms with Gasteiger partial charge in [0.2, 0.25) is 0 Å². The molecule has 35 heavy (non-hydrogen) atoms. The SMILES string of the molecule is COC(=O)Cn1cc(/C=C2\SC(=Nc3ccc(N4CCOCC4)cc3)N(C)C2=O)c2ccccc21. The standard InChI is InChI=1S/C26H26N4O4S/c1-28-25(32)23(15-18-16-30(17-24(31)33-2)22-6-4-3-5-21(18)22)35-26(28)27-19-7-9-20(10-8-19)29-11-13-34-14-12-29/h3-10,15-16H,11-14,17H2,1-2H3/b23-15-,27-26?. The zero-order chi connectivity index (χ0) is 24.4. The van der Waals surface area contributed by atoms with Gasteiger partial charge in [0.25, 0.3) is 5.91 Å². The van der Waals surface area contributed by atoms with Crippen molar-refractivity contribution in [3.05, 3.63) is 65.2 Å². The van der Waals surface area contributed by atoms with Gasteiger partial charge in [0.15, 0.2) is 5.17 Å². The van der Waals surface area contributed by atoms with Gasteiger partial charge in [-0.05, 0) is 48.2 Å². The fraction of sp³-hybridized carbons (Fsp3) is 0.269. The number of ether oxygens (including phenoxy) is 2. The highest BCUT2D eigenvalue weighted by molar-refractivity contribution is 8.18. The predicted octanol–water partition coefficient (Wildman–Crippen LogP) is 3.88. The Morgan fingerprint density at radius 3 is 2.63 bits per heavy atom. The number of thioether (sulfide) groups is 1. The third-order valence-electron chi connectivity index (χ3n) is 6.09. The summed E-state index contributed by atoms with van der Waals surface area (Å²) >= 11 is 1.34. The normalized spacial score (nSPS) is 18.7. The predicted molar refractivity (Wildman–Crippen MR) is 139 cm³/mol. The summed E-state index contributed by atoms with van der Waals surface area (Å²) in [6.07, 6.45) is 3.74. The van der Waals surface area contributed by atoms with E-state index in [1.807, 2.05) is 53.2 Å². The van der Waals surface area contributed by atoms with E-state index in [9.17, 15) is 9.59 Å². The highest BCUT2D eigenvalue weighted by atomic mass is 32.2. The summed E-state index contributed by atoms with van der Waals surface area (Å²) in [4.78, 5) is 34.0. The van der Waals surface area contributed by atoms with Crippen LogP contribution in [0.5, 0.6) is 0 Å². The highest BCUT2D eigenvalue weighted by Gasteiger charge is 2.30. The zero-order valence-electron chi connectivity index (χ0n) is 19.6. The molecule has 5 rings (SSSR count). The van der Waals surface area contributed by atoms with Crippen molar-refractivity contribution in [2.75, 3.05) is 45.4 Å². The number of nitrogens with zero attached hydrogens (tertiary/aromatic N) is 4. The van der Waals surface area contributed by atoms with Crippen molar-refractivity contribution in [3.63, 3.8) is 0 Å². The molecule has 0 saturated carbocycles. The lowest BCUT2D eigenvalue weighted by Gasteiger charge is -2.28. The molecule has 180 valence electrons. The van der Waals surface area contributed by atoms with Crippen molar-refractivity contribution in [1.82, 2.24) is 9.47 Å². The second-order valence-corrected chi connectivity index (χ2v) is 9.30. The third kappa shape index (κ3) is 4.82. The van der Waals surface area contributed by atoms with Crippen molar-refractivity contribution in [2.24, 2.45) is 4.99 Å². The number of rotatable bonds is 5. The van der Waals surface area contributed by atoms with Gasteiger partial charge in [0.05, 0.1) is 30.9 Å². The van der Waals surface area contributed by atoms with Crippen molar-refractivity contribution >= 4 is 57.2 Å². The van der Waals surface area contributed by atoms with Crippen LogP contribution in [0.2, 0.25) is 0 Å². The maximum absolute atomic E-state index is 13.0. The summed E-state index contributed by atoms with van der Waals surface area (Å²) in [6.45, 7) is 3.35. The van der Waals surface area contributed by atoms with Crippen LogP contribution in [-0.4, -0.2) is 67.0 Å². The molecule has 1 amide bonds. The molecular weight excluding hydrogens is 464 g/mol. The van der Waals surface area contributed by atoms with Crippen LogP contribution in [0.3, 0.4) is 0 Å². The summed E-state index contributed by atoms with van der Waals surface area (Å²) in [6, 6.07) is 15.8. The van der Waals surface area contributed by atoms with Crippen LogP contribution in [0.1, 0.15) is 5.56 Å². The van der Waals surface area contributed by atoms with Crippen LogP contribution >= 0.6 is 11.8 Å². The Morgan fingerprint density at radius 1 is 1.14 bits per heavy atom. The van der Waals surface area contributed by atoms with Crippen molar-refractivity contribution < 1.29 is 19.1 Å². The Balaban J connectivity index is 1.40. The molecule has 2 saturated heterocycles. The van der Waals surface area contributed by atoms with Crippen molar-refractivity contribution in [3.8, 4) is 0 Å². The van der Waals surface area contributed by atoms with E-state index in [0.717, 1.165) is 54.1 Å². The van der Waals surface area contributed by atoms with E-state index in [0.29, 0.717) is 10.1 Å². The number of fused-ring (bicyclic) bond motifs is 1. The second-order valence-electron chi connectivity index (χ2n) is 8.29. The first-order valence-electron chi connectivity index (χ1n) is 11.4. The molecule has 0 unspecified atom stereocenters. The first-order chi connectivity index (χ1) is 17.0. The molecule has 2 fully saturated rings. The number of aliphatic imine (C=N–C) groups is 1. The van der Waals surface area contributed by atoms with E-state index in [4.69, 9.17) is 14.5 Å². The molecule has 2 aromatic carbocycles. The molecule has 3 heterocycles. The number of benzene rings is 2. The van der Waals surface area contributed by atoms with Crippen LogP contribution in [0.15, 0.2) is 64.6 Å². The van der Waals surface area contributed by atoms with Gasteiger partial charge in [0.1, 0.15) is 6.54 Å². The van der Waals surface area contributed by atoms with Gasteiger partial charge < -0.3 is 18.9 Å². The Kier molecular flexibility index (Phi) is 6.61. The Hall–Kier alpha value is -3.56. The maximum atomic E-state index is 13.0. The summed E-state index contributed by atoms with van der Waals surface area (Å²) in [5, 5.41) is 1.59. The van der Waals surface area contributed by atoms with Crippen LogP contribution in [0, 0.1) is 0 Å². The van der Waals surface area contributed by atoms with Crippen molar-refractivity contribution in [1.29, 1.82) is 0 Å². The first-order valence-corrected chi connectivity index (χ1v) is 12.2. The van der Waals surface area contributed by atoms with Gasteiger partial charge in [-0.1, -0.05) is 18.2 Å². The maximum Gasteiger partial charge on any atom is 0.325 e. The molecule has 0 bridgehead atoms. The quantitative estimate of drug-likeness (QED) is 0.399. The summed E-state index contributed by atoms with van der Waals surface area (Å²) < 4.78 is 12.1. The average molecular weight is 491 g/mol. The van der Waals surface area contributed by atoms with E-state index in [-0.39, 0.29) is 18.4 Å². The lowest BCUT2D eigenvalue weighted by atomic mass is 10.1. The number of esters is 1. The third-order valence-corrected chi connectivity index (χ3v) is 7.15. The molecule has 0 N–H and O–H groups in total. The van der Waals surface area contributed by atoms with E-state index in [2.05, 4.69) is 17.0 Å². The minimum atomic E-state index is -0.329. The summed E-state index contributed by atoms with van der Waals surface area (Å²) in [5.74, 6) is -0.437. The molecule has 8 nitrogen and oxygen atoms in total. The summed E-state index contributed by atoms with van der Waals surface area (Å²) in [7, 11) is 3.11. The van der Waals surface area contributed by atoms with Crippen molar-refractivity contribution in [2.45, 2.75) is 6.54 Å². The van der Waals surface area contributed by atoms with Gasteiger partial charge in [-0.15, -0.1) is 0 Å². The molecule has 1 aromatic heterocycles. The molecular formula is C26H26N4O4S. The average Bonchev–Trinajstić information content (AvgIpc) is 3.37. The van der Waals surface area contributed by atoms with Crippen LogP contribution in [-0.2, 0) is 25.6 Å². The van der Waals surface area contributed by atoms with Gasteiger partial charge in [-0.25, -0.2) is 4.99 Å². The number of likely N-dealkylation sites (N-methyl/N-ethyl adjacent to an activating group) is 1. The summed E-state index contributed by atoms with van der Waals surface area (Å²) in [5.41, 5.74) is 3.71. The number of morpholine rings is 1. The molecule has 3 aromatic rings. The monoisotopic (exact) mass is 490 g/mol. The minimum absolute atomic E-state index is 0.105. The minimum Gasteiger partial charge on any atom is -0.468 e. The molecule has 2 aliphatic heterocycles. The number of anilines is 1. The molecule has 2 aliphatic rings. The smallest absolute Gasteiger partial charge is 0.325 e. The number of para-hydroxylation sites is 1. The number of amidine groups is 1. The van der Waals surface area contributed by atoms with E-state index >= 15 is 0 Å². The van der Waals surface area contributed by atoms with Gasteiger partial charge in [-0.3, -0.25) is 14.5 Å². The molecule has 0 atom stereocenters. The number of amides is 1. The molecule has 9 heteroatoms. The number of carbonyl (C=O) groups is 2.